The van der Waals surface area contributed by atoms with Gasteiger partial charge in [-0.1, -0.05) is 54.0 Å². The number of carbonyl (C=O) groups excluding carboxylic acids is 3. The number of carboxylic acids is 1. The molecule has 0 radical (unpaired) electrons. The molecule has 0 fully saturated rings. The number of carbonyl (C=O) groups is 4. The Kier molecular flexibility index (Phi) is 12.4. The van der Waals surface area contributed by atoms with Gasteiger partial charge in [0.05, 0.1) is 17.8 Å². The molecule has 0 aromatic heterocycles. The second-order valence-electron chi connectivity index (χ2n) is 9.37. The van der Waals surface area contributed by atoms with E-state index in [2.05, 4.69) is 5.32 Å². The van der Waals surface area contributed by atoms with Crippen molar-refractivity contribution < 1.29 is 38.5 Å². The molecule has 196 valence electrons. The predicted molar refractivity (Wildman–Crippen MR) is 130 cm³/mol. The normalized spacial score (nSPS) is 13.7. The van der Waals surface area contributed by atoms with Gasteiger partial charge in [0.25, 0.3) is 0 Å². The smallest absolute Gasteiger partial charge is 0.321 e. The van der Waals surface area contributed by atoms with Crippen LogP contribution in [0.2, 0.25) is 0 Å². The molecule has 0 heterocycles. The van der Waals surface area contributed by atoms with E-state index in [1.807, 2.05) is 6.92 Å². The summed E-state index contributed by atoms with van der Waals surface area (Å²) >= 11 is 0. The van der Waals surface area contributed by atoms with Crippen LogP contribution in [0.3, 0.4) is 0 Å². The lowest BCUT2D eigenvalue weighted by Crippen LogP contribution is -2.43. The SMILES string of the molecule is CCCC(C)C(=O)OC(C)CN[C@@H](Cc1ccc(OC(=O)C(C)C)c(OC(=O)C(C)C)c1)C(=O)O. The van der Waals surface area contributed by atoms with Crippen LogP contribution in [0, 0.1) is 17.8 Å². The van der Waals surface area contributed by atoms with Crippen molar-refractivity contribution in [1.29, 1.82) is 0 Å². The zero-order valence-electron chi connectivity index (χ0n) is 21.8. The number of hydrogen-bond donors (Lipinski definition) is 2. The zero-order valence-corrected chi connectivity index (χ0v) is 21.8. The monoisotopic (exact) mass is 493 g/mol. The van der Waals surface area contributed by atoms with Gasteiger partial charge in [-0.05, 0) is 37.5 Å². The minimum atomic E-state index is -1.08. The molecule has 0 spiro atoms. The van der Waals surface area contributed by atoms with E-state index in [1.54, 1.807) is 47.6 Å². The topological polar surface area (TPSA) is 128 Å². The van der Waals surface area contributed by atoms with Crippen molar-refractivity contribution in [3.63, 3.8) is 0 Å². The highest BCUT2D eigenvalue weighted by molar-refractivity contribution is 5.78. The van der Waals surface area contributed by atoms with Gasteiger partial charge in [0.1, 0.15) is 12.1 Å². The van der Waals surface area contributed by atoms with Gasteiger partial charge >= 0.3 is 23.9 Å². The highest BCUT2D eigenvalue weighted by Crippen LogP contribution is 2.30. The standard InChI is InChI=1S/C26H39NO8/c1-8-9-17(6)26(32)33-18(7)14-27-20(23(28)29)12-19-10-11-21(34-24(30)15(2)3)22(13-19)35-25(31)16(4)5/h10-11,13,15-18,20,27H,8-9,12,14H2,1-7H3,(H,28,29)/t17?,18?,20-/m0/s1. The van der Waals surface area contributed by atoms with Gasteiger partial charge in [0.2, 0.25) is 0 Å². The third-order valence-corrected chi connectivity index (χ3v) is 5.20. The van der Waals surface area contributed by atoms with Crippen molar-refractivity contribution in [3.05, 3.63) is 23.8 Å². The van der Waals surface area contributed by atoms with Crippen LogP contribution in [-0.2, 0) is 30.3 Å². The molecule has 0 saturated carbocycles. The molecule has 0 amide bonds. The number of aliphatic carboxylic acids is 1. The van der Waals surface area contributed by atoms with Crippen molar-refractivity contribution in [1.82, 2.24) is 5.32 Å². The van der Waals surface area contributed by atoms with Crippen molar-refractivity contribution in [2.75, 3.05) is 6.54 Å². The van der Waals surface area contributed by atoms with E-state index in [9.17, 15) is 24.3 Å². The van der Waals surface area contributed by atoms with Crippen LogP contribution >= 0.6 is 0 Å². The van der Waals surface area contributed by atoms with E-state index in [4.69, 9.17) is 14.2 Å². The van der Waals surface area contributed by atoms with E-state index in [-0.39, 0.29) is 42.3 Å². The largest absolute Gasteiger partial charge is 0.480 e. The summed E-state index contributed by atoms with van der Waals surface area (Å²) in [6.07, 6.45) is 1.15. The lowest BCUT2D eigenvalue weighted by atomic mass is 10.0. The Balaban J connectivity index is 2.96. The zero-order chi connectivity index (χ0) is 26.7. The Morgan fingerprint density at radius 2 is 1.46 bits per heavy atom. The van der Waals surface area contributed by atoms with E-state index in [1.165, 1.54) is 12.1 Å². The number of ether oxygens (including phenoxy) is 3. The maximum Gasteiger partial charge on any atom is 0.321 e. The van der Waals surface area contributed by atoms with Gasteiger partial charge < -0.3 is 24.6 Å². The summed E-state index contributed by atoms with van der Waals surface area (Å²) < 4.78 is 16.2. The van der Waals surface area contributed by atoms with Crippen LogP contribution in [0.5, 0.6) is 11.5 Å². The lowest BCUT2D eigenvalue weighted by Gasteiger charge is -2.20. The molecule has 3 atom stereocenters. The van der Waals surface area contributed by atoms with Gasteiger partial charge in [-0.3, -0.25) is 19.2 Å². The highest BCUT2D eigenvalue weighted by atomic mass is 16.6. The van der Waals surface area contributed by atoms with Gasteiger partial charge in [0, 0.05) is 6.54 Å². The minimum absolute atomic E-state index is 0.0477. The van der Waals surface area contributed by atoms with Crippen LogP contribution in [-0.4, -0.2) is 47.7 Å². The molecular weight excluding hydrogens is 454 g/mol. The summed E-state index contributed by atoms with van der Waals surface area (Å²) in [5, 5.41) is 12.6. The fourth-order valence-corrected chi connectivity index (χ4v) is 2.99. The number of benzene rings is 1. The molecule has 2 N–H and O–H groups in total. The van der Waals surface area contributed by atoms with E-state index < -0.39 is 36.0 Å². The number of rotatable bonds is 14. The van der Waals surface area contributed by atoms with E-state index >= 15 is 0 Å². The van der Waals surface area contributed by atoms with Crippen molar-refractivity contribution in [2.45, 2.75) is 79.9 Å². The maximum atomic E-state index is 12.2. The van der Waals surface area contributed by atoms with Crippen LogP contribution in [0.1, 0.15) is 66.9 Å². The summed E-state index contributed by atoms with van der Waals surface area (Å²) in [5.41, 5.74) is 0.557. The summed E-state index contributed by atoms with van der Waals surface area (Å²) in [6.45, 7) is 12.4. The Morgan fingerprint density at radius 3 is 1.97 bits per heavy atom. The molecule has 0 bridgehead atoms. The van der Waals surface area contributed by atoms with Crippen molar-refractivity contribution in [2.24, 2.45) is 17.8 Å². The molecule has 0 aliphatic carbocycles. The van der Waals surface area contributed by atoms with E-state index in [0.717, 1.165) is 12.8 Å². The molecule has 9 heteroatoms. The molecule has 9 nitrogen and oxygen atoms in total. The number of carboxylic acid groups (broad SMARTS) is 1. The molecule has 0 saturated heterocycles. The number of hydrogen-bond acceptors (Lipinski definition) is 8. The fraction of sp³-hybridized carbons (Fsp3) is 0.615. The first-order valence-corrected chi connectivity index (χ1v) is 12.1. The first kappa shape index (κ1) is 30.1. The summed E-state index contributed by atoms with van der Waals surface area (Å²) in [5.74, 6) is -3.26. The first-order valence-electron chi connectivity index (χ1n) is 12.1. The van der Waals surface area contributed by atoms with Crippen LogP contribution in [0.4, 0.5) is 0 Å². The average Bonchev–Trinajstić information content (AvgIpc) is 2.77. The Bertz CT molecular complexity index is 880. The van der Waals surface area contributed by atoms with Crippen molar-refractivity contribution >= 4 is 23.9 Å². The van der Waals surface area contributed by atoms with Gasteiger partial charge in [-0.25, -0.2) is 0 Å². The summed E-state index contributed by atoms with van der Waals surface area (Å²) in [4.78, 5) is 48.2. The lowest BCUT2D eigenvalue weighted by molar-refractivity contribution is -0.152. The second kappa shape index (κ2) is 14.5. The Hall–Kier alpha value is -2.94. The minimum Gasteiger partial charge on any atom is -0.480 e. The average molecular weight is 494 g/mol. The van der Waals surface area contributed by atoms with Crippen LogP contribution in [0.25, 0.3) is 0 Å². The second-order valence-corrected chi connectivity index (χ2v) is 9.37. The van der Waals surface area contributed by atoms with Gasteiger partial charge in [-0.15, -0.1) is 0 Å². The molecule has 1 aromatic carbocycles. The van der Waals surface area contributed by atoms with Crippen LogP contribution in [0.15, 0.2) is 18.2 Å². The van der Waals surface area contributed by atoms with Crippen LogP contribution < -0.4 is 14.8 Å². The van der Waals surface area contributed by atoms with Gasteiger partial charge in [-0.2, -0.15) is 0 Å². The molecule has 0 aliphatic heterocycles. The quantitative estimate of drug-likeness (QED) is 0.294. The molecule has 1 aromatic rings. The summed E-state index contributed by atoms with van der Waals surface area (Å²) in [6, 6.07) is 3.61. The maximum absolute atomic E-state index is 12.2. The first-order chi connectivity index (χ1) is 16.3. The third kappa shape index (κ3) is 10.5. The predicted octanol–water partition coefficient (Wildman–Crippen LogP) is 3.76. The highest BCUT2D eigenvalue weighted by Gasteiger charge is 2.23. The molecule has 1 rings (SSSR count). The molecule has 2 unspecified atom stereocenters. The molecular formula is C26H39NO8. The third-order valence-electron chi connectivity index (χ3n) is 5.20. The fourth-order valence-electron chi connectivity index (χ4n) is 2.99. The van der Waals surface area contributed by atoms with Crippen molar-refractivity contribution in [3.8, 4) is 11.5 Å². The number of esters is 3. The number of nitrogens with one attached hydrogen (secondary N) is 1. The Labute approximate surface area is 207 Å². The van der Waals surface area contributed by atoms with E-state index in [0.29, 0.717) is 5.56 Å². The molecule has 0 aliphatic rings. The van der Waals surface area contributed by atoms with Gasteiger partial charge in [0.15, 0.2) is 11.5 Å². The summed E-state index contributed by atoms with van der Waals surface area (Å²) in [7, 11) is 0. The molecule has 35 heavy (non-hydrogen) atoms. The Morgan fingerprint density at radius 1 is 0.886 bits per heavy atom.